The Morgan fingerprint density at radius 3 is 2.24 bits per heavy atom. The van der Waals surface area contributed by atoms with E-state index in [-0.39, 0.29) is 5.91 Å². The number of hydrogen-bond acceptors (Lipinski definition) is 3. The van der Waals surface area contributed by atoms with Gasteiger partial charge in [0, 0.05) is 30.1 Å². The van der Waals surface area contributed by atoms with Crippen LogP contribution in [-0.2, 0) is 12.8 Å². The minimum absolute atomic E-state index is 0.0514. The Hall–Kier alpha value is -3.01. The van der Waals surface area contributed by atoms with E-state index in [1.165, 1.54) is 5.56 Å². The SMILES string of the molecule is CCc1ccc(C(=O)NCCc2cnc(-c3ccccc3)nc2)cc1. The summed E-state index contributed by atoms with van der Waals surface area (Å²) in [6, 6.07) is 17.6. The zero-order chi connectivity index (χ0) is 17.5. The fraction of sp³-hybridized carbons (Fsp3) is 0.190. The highest BCUT2D eigenvalue weighted by molar-refractivity contribution is 5.94. The summed E-state index contributed by atoms with van der Waals surface area (Å²) >= 11 is 0. The van der Waals surface area contributed by atoms with Crippen LogP contribution in [0.3, 0.4) is 0 Å². The molecule has 0 aliphatic heterocycles. The standard InChI is InChI=1S/C21H21N3O/c1-2-16-8-10-19(11-9-16)21(25)22-13-12-17-14-23-20(24-15-17)18-6-4-3-5-7-18/h3-11,14-15H,2,12-13H2,1H3,(H,22,25). The van der Waals surface area contributed by atoms with Gasteiger partial charge < -0.3 is 5.32 Å². The highest BCUT2D eigenvalue weighted by Crippen LogP contribution is 2.13. The van der Waals surface area contributed by atoms with Crippen LogP contribution in [0.2, 0.25) is 0 Å². The van der Waals surface area contributed by atoms with E-state index in [9.17, 15) is 4.79 Å². The third kappa shape index (κ3) is 4.51. The zero-order valence-corrected chi connectivity index (χ0v) is 14.3. The maximum Gasteiger partial charge on any atom is 0.251 e. The molecule has 1 amide bonds. The van der Waals surface area contributed by atoms with E-state index in [1.807, 2.05) is 67.0 Å². The monoisotopic (exact) mass is 331 g/mol. The summed E-state index contributed by atoms with van der Waals surface area (Å²) in [4.78, 5) is 20.9. The Morgan fingerprint density at radius 2 is 1.60 bits per heavy atom. The second kappa shape index (κ2) is 8.20. The first-order valence-corrected chi connectivity index (χ1v) is 8.49. The first kappa shape index (κ1) is 16.8. The smallest absolute Gasteiger partial charge is 0.251 e. The van der Waals surface area contributed by atoms with Gasteiger partial charge in [-0.15, -0.1) is 0 Å². The van der Waals surface area contributed by atoms with Gasteiger partial charge in [0.1, 0.15) is 0 Å². The summed E-state index contributed by atoms with van der Waals surface area (Å²) in [5.41, 5.74) is 3.92. The summed E-state index contributed by atoms with van der Waals surface area (Å²) in [6.07, 6.45) is 5.31. The molecule has 3 aromatic rings. The normalized spacial score (nSPS) is 10.4. The van der Waals surface area contributed by atoms with E-state index in [4.69, 9.17) is 0 Å². The molecular formula is C21H21N3O. The van der Waals surface area contributed by atoms with E-state index < -0.39 is 0 Å². The summed E-state index contributed by atoms with van der Waals surface area (Å²) < 4.78 is 0. The Labute approximate surface area is 148 Å². The Kier molecular flexibility index (Phi) is 5.52. The molecule has 1 aromatic heterocycles. The molecule has 126 valence electrons. The molecular weight excluding hydrogens is 310 g/mol. The van der Waals surface area contributed by atoms with E-state index in [0.29, 0.717) is 24.4 Å². The van der Waals surface area contributed by atoms with Crippen molar-refractivity contribution >= 4 is 5.91 Å². The van der Waals surface area contributed by atoms with E-state index in [2.05, 4.69) is 22.2 Å². The molecule has 0 saturated carbocycles. The maximum atomic E-state index is 12.1. The van der Waals surface area contributed by atoms with Crippen molar-refractivity contribution in [2.45, 2.75) is 19.8 Å². The van der Waals surface area contributed by atoms with Crippen LogP contribution in [0.1, 0.15) is 28.4 Å². The number of amides is 1. The van der Waals surface area contributed by atoms with Gasteiger partial charge in [0.25, 0.3) is 5.91 Å². The minimum Gasteiger partial charge on any atom is -0.352 e. The molecule has 0 aliphatic rings. The first-order chi connectivity index (χ1) is 12.3. The molecule has 0 radical (unpaired) electrons. The third-order valence-electron chi connectivity index (χ3n) is 4.06. The van der Waals surface area contributed by atoms with Crippen LogP contribution in [0, 0.1) is 0 Å². The molecule has 0 spiro atoms. The molecule has 25 heavy (non-hydrogen) atoms. The number of hydrogen-bond donors (Lipinski definition) is 1. The van der Waals surface area contributed by atoms with Crippen LogP contribution in [0.4, 0.5) is 0 Å². The molecule has 0 unspecified atom stereocenters. The van der Waals surface area contributed by atoms with Crippen molar-refractivity contribution in [3.8, 4) is 11.4 Å². The van der Waals surface area contributed by atoms with Crippen LogP contribution < -0.4 is 5.32 Å². The van der Waals surface area contributed by atoms with Gasteiger partial charge in [0.15, 0.2) is 5.82 Å². The lowest BCUT2D eigenvalue weighted by Gasteiger charge is -2.06. The van der Waals surface area contributed by atoms with Gasteiger partial charge in [-0.2, -0.15) is 0 Å². The number of aryl methyl sites for hydroxylation is 1. The van der Waals surface area contributed by atoms with Crippen molar-refractivity contribution in [1.82, 2.24) is 15.3 Å². The summed E-state index contributed by atoms with van der Waals surface area (Å²) in [7, 11) is 0. The van der Waals surface area contributed by atoms with Crippen LogP contribution >= 0.6 is 0 Å². The van der Waals surface area contributed by atoms with Crippen LogP contribution in [0.5, 0.6) is 0 Å². The number of aromatic nitrogens is 2. The lowest BCUT2D eigenvalue weighted by molar-refractivity contribution is 0.0954. The van der Waals surface area contributed by atoms with Crippen molar-refractivity contribution in [3.63, 3.8) is 0 Å². The molecule has 4 heteroatoms. The van der Waals surface area contributed by atoms with Crippen LogP contribution in [0.25, 0.3) is 11.4 Å². The number of carbonyl (C=O) groups excluding carboxylic acids is 1. The van der Waals surface area contributed by atoms with E-state index >= 15 is 0 Å². The van der Waals surface area contributed by atoms with Crippen molar-refractivity contribution < 1.29 is 4.79 Å². The number of nitrogens with zero attached hydrogens (tertiary/aromatic N) is 2. The van der Waals surface area contributed by atoms with Gasteiger partial charge in [-0.05, 0) is 36.1 Å². The number of nitrogens with one attached hydrogen (secondary N) is 1. The fourth-order valence-corrected chi connectivity index (χ4v) is 2.53. The molecule has 1 N–H and O–H groups in total. The Bertz CT molecular complexity index is 812. The molecule has 0 bridgehead atoms. The van der Waals surface area contributed by atoms with Crippen molar-refractivity contribution in [2.24, 2.45) is 0 Å². The zero-order valence-electron chi connectivity index (χ0n) is 14.3. The number of carbonyl (C=O) groups is 1. The highest BCUT2D eigenvalue weighted by atomic mass is 16.1. The lowest BCUT2D eigenvalue weighted by atomic mass is 10.1. The van der Waals surface area contributed by atoms with Crippen molar-refractivity contribution in [3.05, 3.63) is 83.7 Å². The quantitative estimate of drug-likeness (QED) is 0.749. The fourth-order valence-electron chi connectivity index (χ4n) is 2.53. The second-order valence-corrected chi connectivity index (χ2v) is 5.84. The molecule has 1 heterocycles. The van der Waals surface area contributed by atoms with E-state index in [0.717, 1.165) is 17.5 Å². The van der Waals surface area contributed by atoms with Gasteiger partial charge in [0.05, 0.1) is 0 Å². The minimum atomic E-state index is -0.0514. The molecule has 0 aliphatic carbocycles. The number of rotatable bonds is 6. The van der Waals surface area contributed by atoms with Crippen molar-refractivity contribution in [1.29, 1.82) is 0 Å². The molecule has 0 saturated heterocycles. The number of benzene rings is 2. The van der Waals surface area contributed by atoms with Crippen molar-refractivity contribution in [2.75, 3.05) is 6.54 Å². The largest absolute Gasteiger partial charge is 0.352 e. The summed E-state index contributed by atoms with van der Waals surface area (Å²) in [5, 5.41) is 2.94. The van der Waals surface area contributed by atoms with Gasteiger partial charge in [-0.25, -0.2) is 9.97 Å². The van der Waals surface area contributed by atoms with Crippen LogP contribution in [0.15, 0.2) is 67.0 Å². The third-order valence-corrected chi connectivity index (χ3v) is 4.06. The van der Waals surface area contributed by atoms with E-state index in [1.54, 1.807) is 0 Å². The average molecular weight is 331 g/mol. The topological polar surface area (TPSA) is 54.9 Å². The summed E-state index contributed by atoms with van der Waals surface area (Å²) in [6.45, 7) is 2.66. The van der Waals surface area contributed by atoms with Crippen LogP contribution in [-0.4, -0.2) is 22.4 Å². The summed E-state index contributed by atoms with van der Waals surface area (Å²) in [5.74, 6) is 0.661. The Morgan fingerprint density at radius 1 is 0.920 bits per heavy atom. The molecule has 2 aromatic carbocycles. The Balaban J connectivity index is 1.52. The average Bonchev–Trinajstić information content (AvgIpc) is 2.69. The molecule has 0 atom stereocenters. The predicted octanol–water partition coefficient (Wildman–Crippen LogP) is 3.68. The highest BCUT2D eigenvalue weighted by Gasteiger charge is 2.05. The second-order valence-electron chi connectivity index (χ2n) is 5.84. The predicted molar refractivity (Wildman–Crippen MR) is 99.3 cm³/mol. The van der Waals surface area contributed by atoms with Gasteiger partial charge >= 0.3 is 0 Å². The molecule has 0 fully saturated rings. The van der Waals surface area contributed by atoms with Gasteiger partial charge in [0.2, 0.25) is 0 Å². The molecule has 3 rings (SSSR count). The lowest BCUT2D eigenvalue weighted by Crippen LogP contribution is -2.25. The maximum absolute atomic E-state index is 12.1. The van der Waals surface area contributed by atoms with Gasteiger partial charge in [-0.1, -0.05) is 49.4 Å². The molecule has 4 nitrogen and oxygen atoms in total. The first-order valence-electron chi connectivity index (χ1n) is 8.49. The van der Waals surface area contributed by atoms with Gasteiger partial charge in [-0.3, -0.25) is 4.79 Å².